The van der Waals surface area contributed by atoms with Crippen molar-refractivity contribution >= 4 is 11.5 Å². The molecule has 3 aromatic rings. The van der Waals surface area contributed by atoms with Crippen molar-refractivity contribution in [2.45, 2.75) is 18.3 Å². The Morgan fingerprint density at radius 1 is 0.964 bits per heavy atom. The number of hydrogen-bond donors (Lipinski definition) is 2. The van der Waals surface area contributed by atoms with Crippen molar-refractivity contribution in [3.8, 4) is 11.3 Å². The smallest absolute Gasteiger partial charge is 0.169 e. The summed E-state index contributed by atoms with van der Waals surface area (Å²) in [7, 11) is 0. The fourth-order valence-electron chi connectivity index (χ4n) is 4.01. The fraction of sp³-hybridized carbons (Fsp3) is 0.273. The molecule has 1 fully saturated rings. The molecule has 0 radical (unpaired) electrons. The third-order valence-electron chi connectivity index (χ3n) is 5.76. The first-order chi connectivity index (χ1) is 13.6. The molecule has 28 heavy (non-hydrogen) atoms. The monoisotopic (exact) mass is 377 g/mol. The van der Waals surface area contributed by atoms with Gasteiger partial charge in [-0.2, -0.15) is 0 Å². The van der Waals surface area contributed by atoms with E-state index in [1.54, 1.807) is 6.07 Å². The first kappa shape index (κ1) is 18.4. The fourth-order valence-corrected chi connectivity index (χ4v) is 4.01. The molecule has 4 rings (SSSR count). The van der Waals surface area contributed by atoms with Crippen molar-refractivity contribution in [1.82, 2.24) is 10.2 Å². The van der Waals surface area contributed by atoms with E-state index in [9.17, 15) is 4.39 Å². The summed E-state index contributed by atoms with van der Waals surface area (Å²) in [5, 5.41) is 8.26. The Morgan fingerprint density at radius 2 is 1.71 bits per heavy atom. The predicted octanol–water partition coefficient (Wildman–Crippen LogP) is 3.36. The van der Waals surface area contributed by atoms with Crippen molar-refractivity contribution < 1.29 is 4.39 Å². The quantitative estimate of drug-likeness (QED) is 0.729. The highest BCUT2D eigenvalue weighted by atomic mass is 19.1. The second-order valence-electron chi connectivity index (χ2n) is 7.35. The molecule has 0 spiro atoms. The number of anilines is 2. The van der Waals surface area contributed by atoms with Crippen LogP contribution in [0.2, 0.25) is 0 Å². The van der Waals surface area contributed by atoms with Gasteiger partial charge in [0.2, 0.25) is 0 Å². The second-order valence-corrected chi connectivity index (χ2v) is 7.35. The van der Waals surface area contributed by atoms with Crippen LogP contribution < -0.4 is 16.4 Å². The standard InChI is InChI=1S/C22H24FN5/c23-18-8-4-5-16(13-18)19-14-20(21(25)27-26-19)28-11-9-22(15-24,10-12-28)17-6-2-1-3-7-17/h1-8,13-14H,9-12,15,24H2,(H2,25,27). The summed E-state index contributed by atoms with van der Waals surface area (Å²) in [4.78, 5) is 2.23. The van der Waals surface area contributed by atoms with Crippen LogP contribution in [0.15, 0.2) is 60.7 Å². The zero-order chi connectivity index (χ0) is 19.6. The summed E-state index contributed by atoms with van der Waals surface area (Å²) >= 11 is 0. The van der Waals surface area contributed by atoms with Crippen LogP contribution in [0.3, 0.4) is 0 Å². The molecule has 0 saturated carbocycles. The SMILES string of the molecule is NCC1(c2ccccc2)CCN(c2cc(-c3cccc(F)c3)nnc2N)CC1. The molecule has 1 aliphatic rings. The molecule has 0 unspecified atom stereocenters. The lowest BCUT2D eigenvalue weighted by Gasteiger charge is -2.42. The molecule has 0 amide bonds. The van der Waals surface area contributed by atoms with E-state index in [1.165, 1.54) is 17.7 Å². The Balaban J connectivity index is 1.59. The van der Waals surface area contributed by atoms with Gasteiger partial charge in [-0.05, 0) is 36.6 Å². The lowest BCUT2D eigenvalue weighted by Crippen LogP contribution is -2.47. The largest absolute Gasteiger partial charge is 0.380 e. The number of aromatic nitrogens is 2. The molecule has 1 aliphatic heterocycles. The normalized spacial score (nSPS) is 16.1. The maximum Gasteiger partial charge on any atom is 0.169 e. The first-order valence-corrected chi connectivity index (χ1v) is 9.51. The van der Waals surface area contributed by atoms with Crippen LogP contribution in [0.4, 0.5) is 15.9 Å². The van der Waals surface area contributed by atoms with E-state index in [4.69, 9.17) is 11.5 Å². The Morgan fingerprint density at radius 3 is 2.39 bits per heavy atom. The van der Waals surface area contributed by atoms with Crippen LogP contribution in [-0.4, -0.2) is 29.8 Å². The molecule has 2 heterocycles. The lowest BCUT2D eigenvalue weighted by atomic mass is 9.73. The average Bonchev–Trinajstić information content (AvgIpc) is 2.75. The molecule has 0 aliphatic carbocycles. The molecule has 6 heteroatoms. The second kappa shape index (κ2) is 7.56. The van der Waals surface area contributed by atoms with Gasteiger partial charge >= 0.3 is 0 Å². The van der Waals surface area contributed by atoms with Crippen LogP contribution in [0.25, 0.3) is 11.3 Å². The summed E-state index contributed by atoms with van der Waals surface area (Å²) < 4.78 is 13.6. The minimum atomic E-state index is -0.300. The van der Waals surface area contributed by atoms with Gasteiger partial charge in [0.25, 0.3) is 0 Å². The molecule has 5 nitrogen and oxygen atoms in total. The van der Waals surface area contributed by atoms with Gasteiger partial charge in [0, 0.05) is 30.6 Å². The van der Waals surface area contributed by atoms with Crippen molar-refractivity contribution in [1.29, 1.82) is 0 Å². The minimum Gasteiger partial charge on any atom is -0.380 e. The number of halogens is 1. The van der Waals surface area contributed by atoms with Gasteiger partial charge in [-0.3, -0.25) is 0 Å². The number of nitrogen functional groups attached to an aromatic ring is 1. The summed E-state index contributed by atoms with van der Waals surface area (Å²) in [6, 6.07) is 18.7. The van der Waals surface area contributed by atoms with Gasteiger partial charge in [-0.25, -0.2) is 4.39 Å². The van der Waals surface area contributed by atoms with E-state index < -0.39 is 0 Å². The topological polar surface area (TPSA) is 81.1 Å². The first-order valence-electron chi connectivity index (χ1n) is 9.51. The molecule has 144 valence electrons. The third kappa shape index (κ3) is 3.43. The lowest BCUT2D eigenvalue weighted by molar-refractivity contribution is 0.340. The number of benzene rings is 2. The molecule has 0 bridgehead atoms. The third-order valence-corrected chi connectivity index (χ3v) is 5.76. The van der Waals surface area contributed by atoms with E-state index in [0.29, 0.717) is 23.6 Å². The molecular formula is C22H24FN5. The highest BCUT2D eigenvalue weighted by molar-refractivity contribution is 5.71. The van der Waals surface area contributed by atoms with Gasteiger partial charge in [0.1, 0.15) is 5.82 Å². The molecule has 2 aromatic carbocycles. The van der Waals surface area contributed by atoms with Crippen LogP contribution in [0, 0.1) is 5.82 Å². The van der Waals surface area contributed by atoms with Crippen molar-refractivity contribution in [2.24, 2.45) is 5.73 Å². The van der Waals surface area contributed by atoms with E-state index in [-0.39, 0.29) is 11.2 Å². The average molecular weight is 377 g/mol. The van der Waals surface area contributed by atoms with E-state index >= 15 is 0 Å². The number of rotatable bonds is 4. The number of nitrogens with zero attached hydrogens (tertiary/aromatic N) is 3. The van der Waals surface area contributed by atoms with Gasteiger partial charge in [0.05, 0.1) is 11.4 Å². The highest BCUT2D eigenvalue weighted by Crippen LogP contribution is 2.37. The van der Waals surface area contributed by atoms with Crippen LogP contribution in [-0.2, 0) is 5.41 Å². The Kier molecular flexibility index (Phi) is 4.96. The van der Waals surface area contributed by atoms with Gasteiger partial charge in [-0.15, -0.1) is 10.2 Å². The Hall–Kier alpha value is -2.99. The van der Waals surface area contributed by atoms with E-state index in [2.05, 4.69) is 39.4 Å². The summed E-state index contributed by atoms with van der Waals surface area (Å²) in [5.74, 6) is 0.0892. The number of hydrogen-bond acceptors (Lipinski definition) is 5. The molecule has 4 N–H and O–H groups in total. The van der Waals surface area contributed by atoms with Crippen LogP contribution >= 0.6 is 0 Å². The highest BCUT2D eigenvalue weighted by Gasteiger charge is 2.35. The molecule has 1 saturated heterocycles. The maximum absolute atomic E-state index is 13.6. The van der Waals surface area contributed by atoms with Gasteiger partial charge < -0.3 is 16.4 Å². The number of piperidine rings is 1. The van der Waals surface area contributed by atoms with E-state index in [1.807, 2.05) is 18.2 Å². The number of nitrogens with two attached hydrogens (primary N) is 2. The Labute approximate surface area is 164 Å². The van der Waals surface area contributed by atoms with Crippen LogP contribution in [0.5, 0.6) is 0 Å². The zero-order valence-electron chi connectivity index (χ0n) is 15.7. The molecular weight excluding hydrogens is 353 g/mol. The van der Waals surface area contributed by atoms with Crippen molar-refractivity contribution in [2.75, 3.05) is 30.3 Å². The van der Waals surface area contributed by atoms with Gasteiger partial charge in [0.15, 0.2) is 5.82 Å². The van der Waals surface area contributed by atoms with Crippen molar-refractivity contribution in [3.05, 3.63) is 72.0 Å². The summed E-state index contributed by atoms with van der Waals surface area (Å²) in [5.41, 5.74) is 15.7. The van der Waals surface area contributed by atoms with Crippen molar-refractivity contribution in [3.63, 3.8) is 0 Å². The van der Waals surface area contributed by atoms with Gasteiger partial charge in [-0.1, -0.05) is 42.5 Å². The Bertz CT molecular complexity index is 952. The maximum atomic E-state index is 13.6. The minimum absolute atomic E-state index is 0.0155. The van der Waals surface area contributed by atoms with Crippen LogP contribution in [0.1, 0.15) is 18.4 Å². The van der Waals surface area contributed by atoms with E-state index in [0.717, 1.165) is 31.6 Å². The predicted molar refractivity (Wildman–Crippen MR) is 110 cm³/mol. The zero-order valence-corrected chi connectivity index (χ0v) is 15.7. The summed E-state index contributed by atoms with van der Waals surface area (Å²) in [6.07, 6.45) is 1.87. The molecule has 0 atom stereocenters. The summed E-state index contributed by atoms with van der Waals surface area (Å²) in [6.45, 7) is 2.26. The molecule has 1 aromatic heterocycles.